The van der Waals surface area contributed by atoms with Crippen LogP contribution in [0.4, 0.5) is 0 Å². The maximum absolute atomic E-state index is 5.54. The van der Waals surface area contributed by atoms with Crippen molar-refractivity contribution in [2.75, 3.05) is 12.3 Å². The monoisotopic (exact) mass is 183 g/mol. The molecule has 0 aromatic rings. The van der Waals surface area contributed by atoms with E-state index in [0.717, 1.165) is 25.1 Å². The van der Waals surface area contributed by atoms with Gasteiger partial charge in [0.15, 0.2) is 0 Å². The molecule has 1 aliphatic rings. The second-order valence-corrected chi connectivity index (χ2v) is 3.88. The molecule has 1 rings (SSSR count). The van der Waals surface area contributed by atoms with Crippen molar-refractivity contribution in [1.29, 1.82) is 0 Å². The van der Waals surface area contributed by atoms with Gasteiger partial charge in [0.1, 0.15) is 0 Å². The first-order chi connectivity index (χ1) is 5.83. The zero-order valence-electron chi connectivity index (χ0n) is 7.47. The Hall–Kier alpha value is -0.130. The summed E-state index contributed by atoms with van der Waals surface area (Å²) in [6, 6.07) is 0. The van der Waals surface area contributed by atoms with E-state index in [1.54, 1.807) is 0 Å². The lowest BCUT2D eigenvalue weighted by molar-refractivity contribution is 0.307. The highest BCUT2D eigenvalue weighted by molar-refractivity contribution is 7.80. The third kappa shape index (κ3) is 2.43. The van der Waals surface area contributed by atoms with Crippen LogP contribution in [0.2, 0.25) is 0 Å². The summed E-state index contributed by atoms with van der Waals surface area (Å²) >= 11 is 4.17. The number of rotatable bonds is 3. The van der Waals surface area contributed by atoms with E-state index in [1.165, 1.54) is 19.3 Å². The van der Waals surface area contributed by atoms with E-state index in [4.69, 9.17) is 6.42 Å². The molecule has 0 spiro atoms. The van der Waals surface area contributed by atoms with Gasteiger partial charge in [0, 0.05) is 12.3 Å². The predicted octanol–water partition coefficient (Wildman–Crippen LogP) is 1.84. The first-order valence-corrected chi connectivity index (χ1v) is 5.30. The number of terminal acetylenes is 1. The van der Waals surface area contributed by atoms with Gasteiger partial charge in [-0.05, 0) is 12.8 Å². The van der Waals surface area contributed by atoms with Gasteiger partial charge in [-0.3, -0.25) is 0 Å². The molecule has 0 aliphatic heterocycles. The van der Waals surface area contributed by atoms with Crippen molar-refractivity contribution in [3.05, 3.63) is 0 Å². The zero-order chi connectivity index (χ0) is 8.86. The minimum atomic E-state index is 0.000972. The van der Waals surface area contributed by atoms with Crippen LogP contribution >= 0.6 is 12.6 Å². The smallest absolute Gasteiger partial charge is 0.0798 e. The fourth-order valence-electron chi connectivity index (χ4n) is 1.82. The van der Waals surface area contributed by atoms with Crippen LogP contribution in [0.15, 0.2) is 0 Å². The van der Waals surface area contributed by atoms with Crippen LogP contribution in [-0.4, -0.2) is 17.8 Å². The lowest BCUT2D eigenvalue weighted by Crippen LogP contribution is -2.46. The largest absolute Gasteiger partial charge is 0.300 e. The molecule has 1 saturated carbocycles. The first kappa shape index (κ1) is 9.95. The van der Waals surface area contributed by atoms with Crippen molar-refractivity contribution in [2.45, 2.75) is 37.6 Å². The van der Waals surface area contributed by atoms with Crippen LogP contribution in [0.5, 0.6) is 0 Å². The number of thiol groups is 1. The highest BCUT2D eigenvalue weighted by Crippen LogP contribution is 2.27. The Morgan fingerprint density at radius 2 is 2.00 bits per heavy atom. The highest BCUT2D eigenvalue weighted by Gasteiger charge is 2.28. The molecule has 0 aromatic carbocycles. The summed E-state index contributed by atoms with van der Waals surface area (Å²) in [5.74, 6) is 3.77. The lowest BCUT2D eigenvalue weighted by atomic mass is 9.82. The molecule has 0 saturated heterocycles. The molecule has 12 heavy (non-hydrogen) atoms. The van der Waals surface area contributed by atoms with Crippen molar-refractivity contribution in [3.63, 3.8) is 0 Å². The number of nitrogens with one attached hydrogen (secondary N) is 1. The van der Waals surface area contributed by atoms with Crippen molar-refractivity contribution in [1.82, 2.24) is 5.32 Å². The Bertz CT molecular complexity index is 165. The van der Waals surface area contributed by atoms with Crippen molar-refractivity contribution >= 4 is 12.6 Å². The van der Waals surface area contributed by atoms with Crippen molar-refractivity contribution in [3.8, 4) is 12.3 Å². The zero-order valence-corrected chi connectivity index (χ0v) is 8.37. The summed E-state index contributed by atoms with van der Waals surface area (Å²) in [4.78, 5) is 0. The topological polar surface area (TPSA) is 12.0 Å². The van der Waals surface area contributed by atoms with Gasteiger partial charge in [-0.1, -0.05) is 25.2 Å². The van der Waals surface area contributed by atoms with Gasteiger partial charge >= 0.3 is 0 Å². The average molecular weight is 183 g/mol. The quantitative estimate of drug-likeness (QED) is 0.502. The standard InChI is InChI=1S/C10H17NS/c1-2-10(11-8-9-12)6-4-3-5-7-10/h1,11-12H,3-9H2. The van der Waals surface area contributed by atoms with Gasteiger partial charge in [0.25, 0.3) is 0 Å². The second kappa shape index (κ2) is 4.79. The highest BCUT2D eigenvalue weighted by atomic mass is 32.1. The molecular formula is C10H17NS. The Kier molecular flexibility index (Phi) is 3.97. The molecule has 0 aromatic heterocycles. The molecule has 1 N–H and O–H groups in total. The molecular weight excluding hydrogens is 166 g/mol. The molecule has 2 heteroatoms. The lowest BCUT2D eigenvalue weighted by Gasteiger charge is -2.33. The van der Waals surface area contributed by atoms with Crippen LogP contribution in [0.1, 0.15) is 32.1 Å². The predicted molar refractivity (Wildman–Crippen MR) is 56.5 cm³/mol. The molecule has 0 bridgehead atoms. The fourth-order valence-corrected chi connectivity index (χ4v) is 1.93. The molecule has 68 valence electrons. The van der Waals surface area contributed by atoms with Crippen molar-refractivity contribution in [2.24, 2.45) is 0 Å². The minimum absolute atomic E-state index is 0.000972. The van der Waals surface area contributed by atoms with Crippen LogP contribution < -0.4 is 5.32 Å². The summed E-state index contributed by atoms with van der Waals surface area (Å²) in [5.41, 5.74) is 0.000972. The molecule has 0 radical (unpaired) electrons. The van der Waals surface area contributed by atoms with Crippen LogP contribution in [-0.2, 0) is 0 Å². The molecule has 1 fully saturated rings. The molecule has 1 aliphatic carbocycles. The van der Waals surface area contributed by atoms with Gasteiger partial charge in [-0.15, -0.1) is 6.42 Å². The summed E-state index contributed by atoms with van der Waals surface area (Å²) in [5, 5.41) is 3.42. The molecule has 1 nitrogen and oxygen atoms in total. The Labute approximate surface area is 80.7 Å². The molecule has 0 amide bonds. The van der Waals surface area contributed by atoms with Gasteiger partial charge in [-0.25, -0.2) is 0 Å². The maximum Gasteiger partial charge on any atom is 0.0798 e. The third-order valence-corrected chi connectivity index (χ3v) is 2.78. The van der Waals surface area contributed by atoms with Crippen LogP contribution in [0.25, 0.3) is 0 Å². The minimum Gasteiger partial charge on any atom is -0.300 e. The maximum atomic E-state index is 5.54. The van der Waals surface area contributed by atoms with E-state index < -0.39 is 0 Å². The fraction of sp³-hybridized carbons (Fsp3) is 0.800. The molecule has 0 atom stereocenters. The normalized spacial score (nSPS) is 21.7. The van der Waals surface area contributed by atoms with Gasteiger partial charge < -0.3 is 5.32 Å². The Morgan fingerprint density at radius 1 is 1.33 bits per heavy atom. The summed E-state index contributed by atoms with van der Waals surface area (Å²) in [6.07, 6.45) is 11.7. The van der Waals surface area contributed by atoms with Crippen molar-refractivity contribution < 1.29 is 0 Å². The summed E-state index contributed by atoms with van der Waals surface area (Å²) < 4.78 is 0. The number of hydrogen-bond acceptors (Lipinski definition) is 2. The summed E-state index contributed by atoms with van der Waals surface area (Å²) in [7, 11) is 0. The van der Waals surface area contributed by atoms with Crippen LogP contribution in [0.3, 0.4) is 0 Å². The number of hydrogen-bond donors (Lipinski definition) is 2. The van der Waals surface area contributed by atoms with Gasteiger partial charge in [0.2, 0.25) is 0 Å². The Balaban J connectivity index is 2.44. The second-order valence-electron chi connectivity index (χ2n) is 3.44. The Morgan fingerprint density at radius 3 is 2.50 bits per heavy atom. The third-order valence-electron chi connectivity index (χ3n) is 2.56. The van der Waals surface area contributed by atoms with E-state index in [2.05, 4.69) is 23.9 Å². The molecule has 0 heterocycles. The van der Waals surface area contributed by atoms with E-state index in [9.17, 15) is 0 Å². The van der Waals surface area contributed by atoms with E-state index in [1.807, 2.05) is 0 Å². The van der Waals surface area contributed by atoms with E-state index in [-0.39, 0.29) is 5.54 Å². The SMILES string of the molecule is C#CC1(NCCS)CCCCC1. The van der Waals surface area contributed by atoms with Gasteiger partial charge in [0.05, 0.1) is 5.54 Å². The van der Waals surface area contributed by atoms with E-state index >= 15 is 0 Å². The molecule has 0 unspecified atom stereocenters. The average Bonchev–Trinajstić information content (AvgIpc) is 2.16. The summed E-state index contributed by atoms with van der Waals surface area (Å²) in [6.45, 7) is 0.924. The van der Waals surface area contributed by atoms with E-state index in [0.29, 0.717) is 0 Å². The first-order valence-electron chi connectivity index (χ1n) is 4.67. The van der Waals surface area contributed by atoms with Gasteiger partial charge in [-0.2, -0.15) is 12.6 Å². The van der Waals surface area contributed by atoms with Crippen LogP contribution in [0, 0.1) is 12.3 Å².